The summed E-state index contributed by atoms with van der Waals surface area (Å²) in [7, 11) is 0. The topological polar surface area (TPSA) is 24.7 Å². The van der Waals surface area contributed by atoms with Crippen LogP contribution < -0.4 is 0 Å². The van der Waals surface area contributed by atoms with Crippen molar-refractivity contribution in [3.8, 4) is 0 Å². The number of benzene rings is 2. The van der Waals surface area contributed by atoms with Gasteiger partial charge >= 0.3 is 0 Å². The molecule has 0 saturated carbocycles. The zero-order valence-electron chi connectivity index (χ0n) is 18.2. The van der Waals surface area contributed by atoms with Crippen molar-refractivity contribution < 1.29 is 16.5 Å². The summed E-state index contributed by atoms with van der Waals surface area (Å²) in [6.45, 7) is 13.0. The van der Waals surface area contributed by atoms with E-state index in [1.54, 1.807) is 0 Å². The quantitative estimate of drug-likeness (QED) is 0.312. The van der Waals surface area contributed by atoms with Crippen LogP contribution in [0.2, 0.25) is 0 Å². The maximum Gasteiger partial charge on any atom is 0.0639 e. The average molecular weight is 421 g/mol. The molecule has 0 unspecified atom stereocenters. The molecule has 0 heterocycles. The van der Waals surface area contributed by atoms with Crippen LogP contribution in [0.4, 0.5) is 11.4 Å². The zero-order chi connectivity index (χ0) is 19.8. The Hall–Kier alpha value is -1.73. The minimum absolute atomic E-state index is 0. The Balaban J connectivity index is 0.00000392. The van der Waals surface area contributed by atoms with Crippen LogP contribution in [0.1, 0.15) is 69.2 Å². The van der Waals surface area contributed by atoms with E-state index in [2.05, 4.69) is 77.9 Å². The van der Waals surface area contributed by atoms with Crippen LogP contribution in [0.25, 0.3) is 0 Å². The van der Waals surface area contributed by atoms with Crippen LogP contribution in [-0.2, 0) is 29.3 Å². The molecule has 28 heavy (non-hydrogen) atoms. The van der Waals surface area contributed by atoms with Gasteiger partial charge in [-0.2, -0.15) is 0 Å². The molecule has 0 N–H and O–H groups in total. The van der Waals surface area contributed by atoms with Crippen LogP contribution in [-0.4, -0.2) is 11.4 Å². The van der Waals surface area contributed by atoms with Crippen LogP contribution in [0, 0.1) is 13.8 Å². The van der Waals surface area contributed by atoms with Crippen molar-refractivity contribution in [3.05, 3.63) is 58.7 Å². The minimum Gasteiger partial charge on any atom is -0.252 e. The van der Waals surface area contributed by atoms with Gasteiger partial charge in [-0.1, -0.05) is 39.3 Å². The molecule has 154 valence electrons. The second-order valence-corrected chi connectivity index (χ2v) is 7.37. The smallest absolute Gasteiger partial charge is 0.0639 e. The van der Waals surface area contributed by atoms with Gasteiger partial charge < -0.3 is 0 Å². The minimum atomic E-state index is 0. The normalized spacial score (nSPS) is 12.1. The monoisotopic (exact) mass is 420 g/mol. The molecular weight excluding hydrogens is 387 g/mol. The summed E-state index contributed by atoms with van der Waals surface area (Å²) in [6.07, 6.45) is 5.37. The molecule has 2 nitrogen and oxygen atoms in total. The van der Waals surface area contributed by atoms with Crippen LogP contribution >= 0.6 is 0 Å². The van der Waals surface area contributed by atoms with E-state index in [0.29, 0.717) is 0 Å². The largest absolute Gasteiger partial charge is 0.252 e. The molecule has 0 aromatic heterocycles. The van der Waals surface area contributed by atoms with E-state index in [-0.39, 0.29) is 16.5 Å². The molecule has 2 rings (SSSR count). The second kappa shape index (κ2) is 12.0. The number of hydrogen-bond donors (Lipinski definition) is 0. The third-order valence-electron chi connectivity index (χ3n) is 4.90. The summed E-state index contributed by atoms with van der Waals surface area (Å²) in [6, 6.07) is 13.1. The van der Waals surface area contributed by atoms with Crippen molar-refractivity contribution in [2.45, 2.75) is 73.6 Å². The molecule has 0 aliphatic carbocycles. The summed E-state index contributed by atoms with van der Waals surface area (Å²) in [5.74, 6) is 0. The first-order chi connectivity index (χ1) is 13.0. The van der Waals surface area contributed by atoms with Gasteiger partial charge in [0.25, 0.3) is 0 Å². The van der Waals surface area contributed by atoms with Gasteiger partial charge in [-0.15, -0.1) is 0 Å². The van der Waals surface area contributed by atoms with Crippen molar-refractivity contribution in [1.29, 1.82) is 0 Å². The van der Waals surface area contributed by atoms with Gasteiger partial charge in [0.1, 0.15) is 0 Å². The van der Waals surface area contributed by atoms with Gasteiger partial charge in [0.05, 0.1) is 22.8 Å². The van der Waals surface area contributed by atoms with E-state index in [9.17, 15) is 0 Å². The Kier molecular flexibility index (Phi) is 10.4. The fourth-order valence-corrected chi connectivity index (χ4v) is 3.45. The third-order valence-corrected chi connectivity index (χ3v) is 4.90. The molecule has 0 radical (unpaired) electrons. The first kappa shape index (κ1) is 24.3. The predicted octanol–water partition coefficient (Wildman–Crippen LogP) is 7.48. The van der Waals surface area contributed by atoms with E-state index in [4.69, 9.17) is 9.98 Å². The van der Waals surface area contributed by atoms with Crippen molar-refractivity contribution in [1.82, 2.24) is 0 Å². The first-order valence-corrected chi connectivity index (χ1v) is 10.3. The number of unbranched alkanes of at least 4 members (excludes halogenated alkanes) is 1. The first-order valence-electron chi connectivity index (χ1n) is 10.3. The molecule has 2 aromatic rings. The number of aliphatic imine (C=N–C) groups is 2. The molecule has 0 aliphatic heterocycles. The van der Waals surface area contributed by atoms with Crippen LogP contribution in [0.5, 0.6) is 0 Å². The molecular formula is C25H34N2Ni. The SMILES string of the molecule is CCCCC(=N\c1cc(C)cc(C)c1)/C(C)=N/c1ccc(CC)c(CC)c1.[Ni]. The zero-order valence-corrected chi connectivity index (χ0v) is 19.2. The number of aryl methyl sites for hydroxylation is 4. The van der Waals surface area contributed by atoms with Gasteiger partial charge in [-0.3, -0.25) is 9.98 Å². The van der Waals surface area contributed by atoms with Gasteiger partial charge in [-0.25, -0.2) is 0 Å². The number of hydrogen-bond acceptors (Lipinski definition) is 2. The van der Waals surface area contributed by atoms with Crippen LogP contribution in [0.15, 0.2) is 46.4 Å². The van der Waals surface area contributed by atoms with E-state index in [1.807, 2.05) is 0 Å². The molecule has 0 fully saturated rings. The van der Waals surface area contributed by atoms with Crippen molar-refractivity contribution in [3.63, 3.8) is 0 Å². The number of nitrogens with zero attached hydrogens (tertiary/aromatic N) is 2. The Morgan fingerprint density at radius 2 is 1.43 bits per heavy atom. The van der Waals surface area contributed by atoms with E-state index < -0.39 is 0 Å². The third kappa shape index (κ3) is 7.02. The van der Waals surface area contributed by atoms with Gasteiger partial charge in [-0.05, 0) is 93.0 Å². The fraction of sp³-hybridized carbons (Fsp3) is 0.440. The number of rotatable bonds is 8. The molecule has 0 saturated heterocycles. The van der Waals surface area contributed by atoms with E-state index in [1.165, 1.54) is 22.3 Å². The van der Waals surface area contributed by atoms with Crippen molar-refractivity contribution in [2.75, 3.05) is 0 Å². The summed E-state index contributed by atoms with van der Waals surface area (Å²) in [4.78, 5) is 9.90. The molecule has 0 aliphatic rings. The molecule has 0 bridgehead atoms. The fourth-order valence-electron chi connectivity index (χ4n) is 3.45. The molecule has 0 amide bonds. The molecule has 0 spiro atoms. The van der Waals surface area contributed by atoms with Crippen molar-refractivity contribution in [2.24, 2.45) is 9.98 Å². The molecule has 3 heteroatoms. The van der Waals surface area contributed by atoms with E-state index in [0.717, 1.165) is 54.9 Å². The van der Waals surface area contributed by atoms with Gasteiger partial charge in [0.15, 0.2) is 0 Å². The van der Waals surface area contributed by atoms with Crippen molar-refractivity contribution >= 4 is 22.8 Å². The Morgan fingerprint density at radius 1 is 0.786 bits per heavy atom. The standard InChI is InChI=1S/C25H34N2.Ni/c1-7-10-11-25(27-24-15-18(4)14-19(5)16-24)20(6)26-23-13-12-21(8-2)22(9-3)17-23;/h12-17H,7-11H2,1-6H3;/b26-20+,27-25+;. The summed E-state index contributed by atoms with van der Waals surface area (Å²) < 4.78 is 0. The van der Waals surface area contributed by atoms with Gasteiger partial charge in [0, 0.05) is 16.5 Å². The second-order valence-electron chi connectivity index (χ2n) is 7.37. The molecule has 0 atom stereocenters. The maximum atomic E-state index is 4.98. The Labute approximate surface area is 181 Å². The molecule has 2 aromatic carbocycles. The van der Waals surface area contributed by atoms with Crippen LogP contribution in [0.3, 0.4) is 0 Å². The summed E-state index contributed by atoms with van der Waals surface area (Å²) in [5.41, 5.74) is 9.50. The summed E-state index contributed by atoms with van der Waals surface area (Å²) in [5, 5.41) is 0. The summed E-state index contributed by atoms with van der Waals surface area (Å²) >= 11 is 0. The average Bonchev–Trinajstić information content (AvgIpc) is 2.64. The predicted molar refractivity (Wildman–Crippen MR) is 121 cm³/mol. The van der Waals surface area contributed by atoms with E-state index >= 15 is 0 Å². The Morgan fingerprint density at radius 3 is 2.00 bits per heavy atom. The van der Waals surface area contributed by atoms with Gasteiger partial charge in [0.2, 0.25) is 0 Å². The Bertz CT molecular complexity index is 814. The maximum absolute atomic E-state index is 4.98.